The van der Waals surface area contributed by atoms with E-state index in [2.05, 4.69) is 14.8 Å². The van der Waals surface area contributed by atoms with Gasteiger partial charge in [-0.3, -0.25) is 0 Å². The van der Waals surface area contributed by atoms with Crippen molar-refractivity contribution < 1.29 is 27.4 Å². The van der Waals surface area contributed by atoms with Crippen LogP contribution in [0.2, 0.25) is 0 Å². The van der Waals surface area contributed by atoms with Gasteiger partial charge >= 0.3 is 12.1 Å². The summed E-state index contributed by atoms with van der Waals surface area (Å²) in [5.74, 6) is -0.396. The first-order chi connectivity index (χ1) is 8.40. The van der Waals surface area contributed by atoms with E-state index < -0.39 is 18.8 Å². The van der Waals surface area contributed by atoms with Gasteiger partial charge in [0.05, 0.1) is 13.7 Å². The van der Waals surface area contributed by atoms with Gasteiger partial charge in [-0.2, -0.15) is 13.2 Å². The summed E-state index contributed by atoms with van der Waals surface area (Å²) in [6, 6.07) is 0. The number of ether oxygens (including phenoxy) is 2. The van der Waals surface area contributed by atoms with Gasteiger partial charge in [0, 0.05) is 18.7 Å². The van der Waals surface area contributed by atoms with Crippen molar-refractivity contribution >= 4 is 5.97 Å². The molecule has 0 spiro atoms. The standard InChI is InChI=1S/C11H18F3NO3/c1-3-9(10(16)17-2)4-5-15-6-7-18-8-11(12,13)14/h4,15H,3,5-8H2,1-2H3. The van der Waals surface area contributed by atoms with Crippen molar-refractivity contribution in [3.8, 4) is 0 Å². The molecule has 0 atom stereocenters. The van der Waals surface area contributed by atoms with Crippen molar-refractivity contribution in [2.24, 2.45) is 0 Å². The van der Waals surface area contributed by atoms with E-state index in [9.17, 15) is 18.0 Å². The average Bonchev–Trinajstić information content (AvgIpc) is 2.30. The highest BCUT2D eigenvalue weighted by Gasteiger charge is 2.27. The second kappa shape index (κ2) is 8.93. The number of carbonyl (C=O) groups excluding carboxylic acids is 1. The molecule has 7 heteroatoms. The maximum Gasteiger partial charge on any atom is 0.411 e. The molecular formula is C11H18F3NO3. The SMILES string of the molecule is CCC(=CCNCCOCC(F)(F)F)C(=O)OC. The van der Waals surface area contributed by atoms with Gasteiger partial charge in [-0.05, 0) is 6.42 Å². The van der Waals surface area contributed by atoms with Gasteiger partial charge in [-0.15, -0.1) is 0 Å². The molecule has 0 bridgehead atoms. The number of methoxy groups -OCH3 is 1. The molecule has 0 aliphatic rings. The Hall–Kier alpha value is -1.08. The van der Waals surface area contributed by atoms with Crippen molar-refractivity contribution in [1.29, 1.82) is 0 Å². The van der Waals surface area contributed by atoms with Gasteiger partial charge in [-0.25, -0.2) is 4.79 Å². The highest BCUT2D eigenvalue weighted by molar-refractivity contribution is 5.88. The number of carbonyl (C=O) groups is 1. The molecule has 0 fully saturated rings. The predicted octanol–water partition coefficient (Wildman–Crippen LogP) is 1.66. The van der Waals surface area contributed by atoms with Gasteiger partial charge in [0.1, 0.15) is 6.61 Å². The quantitative estimate of drug-likeness (QED) is 0.413. The van der Waals surface area contributed by atoms with Crippen LogP contribution in [0.4, 0.5) is 13.2 Å². The van der Waals surface area contributed by atoms with E-state index in [1.165, 1.54) is 7.11 Å². The van der Waals surface area contributed by atoms with Gasteiger partial charge in [0.25, 0.3) is 0 Å². The van der Waals surface area contributed by atoms with E-state index in [1.54, 1.807) is 6.08 Å². The first-order valence-electron chi connectivity index (χ1n) is 5.53. The molecule has 0 aromatic carbocycles. The Bertz CT molecular complexity index is 277. The first-order valence-corrected chi connectivity index (χ1v) is 5.53. The minimum atomic E-state index is -4.29. The molecule has 0 aromatic rings. The average molecular weight is 269 g/mol. The van der Waals surface area contributed by atoms with Crippen LogP contribution in [0.5, 0.6) is 0 Å². The molecule has 4 nitrogen and oxygen atoms in total. The Kier molecular flexibility index (Phi) is 8.40. The summed E-state index contributed by atoms with van der Waals surface area (Å²) >= 11 is 0. The highest BCUT2D eigenvalue weighted by atomic mass is 19.4. The summed E-state index contributed by atoms with van der Waals surface area (Å²) in [4.78, 5) is 11.2. The third kappa shape index (κ3) is 9.00. The van der Waals surface area contributed by atoms with Crippen LogP contribution in [0.15, 0.2) is 11.6 Å². The fraction of sp³-hybridized carbons (Fsp3) is 0.727. The summed E-state index contributed by atoms with van der Waals surface area (Å²) in [6.07, 6.45) is -2.10. The molecule has 0 unspecified atom stereocenters. The Morgan fingerprint density at radius 3 is 2.56 bits per heavy atom. The summed E-state index contributed by atoms with van der Waals surface area (Å²) in [5, 5.41) is 2.84. The lowest BCUT2D eigenvalue weighted by Gasteiger charge is -2.08. The molecule has 0 saturated heterocycles. The lowest BCUT2D eigenvalue weighted by Crippen LogP contribution is -2.24. The van der Waals surface area contributed by atoms with Gasteiger partial charge in [-0.1, -0.05) is 13.0 Å². The van der Waals surface area contributed by atoms with Crippen LogP contribution in [0, 0.1) is 0 Å². The molecule has 0 aliphatic carbocycles. The van der Waals surface area contributed by atoms with Gasteiger partial charge in [0.2, 0.25) is 0 Å². The Morgan fingerprint density at radius 2 is 2.06 bits per heavy atom. The Balaban J connectivity index is 3.66. The zero-order valence-corrected chi connectivity index (χ0v) is 10.5. The Morgan fingerprint density at radius 1 is 1.39 bits per heavy atom. The molecule has 0 amide bonds. The van der Waals surface area contributed by atoms with Gasteiger partial charge in [0.15, 0.2) is 0 Å². The molecule has 0 aromatic heterocycles. The summed E-state index contributed by atoms with van der Waals surface area (Å²) < 4.78 is 44.1. The zero-order chi connectivity index (χ0) is 14.0. The topological polar surface area (TPSA) is 47.6 Å². The number of alkyl halides is 3. The zero-order valence-electron chi connectivity index (χ0n) is 10.5. The first kappa shape index (κ1) is 16.9. The monoisotopic (exact) mass is 269 g/mol. The van der Waals surface area contributed by atoms with E-state index >= 15 is 0 Å². The molecule has 106 valence electrons. The summed E-state index contributed by atoms with van der Waals surface area (Å²) in [6.45, 7) is 1.20. The van der Waals surface area contributed by atoms with Crippen LogP contribution >= 0.6 is 0 Å². The molecule has 0 rings (SSSR count). The maximum atomic E-state index is 11.7. The third-order valence-corrected chi connectivity index (χ3v) is 2.01. The minimum absolute atomic E-state index is 0.0347. The van der Waals surface area contributed by atoms with Crippen molar-refractivity contribution in [2.45, 2.75) is 19.5 Å². The summed E-state index contributed by atoms with van der Waals surface area (Å²) in [7, 11) is 1.30. The molecule has 0 aliphatic heterocycles. The second-order valence-corrected chi connectivity index (χ2v) is 3.45. The van der Waals surface area contributed by atoms with Crippen LogP contribution in [-0.4, -0.2) is 45.6 Å². The number of hydrogen-bond donors (Lipinski definition) is 1. The van der Waals surface area contributed by atoms with E-state index in [1.807, 2.05) is 6.92 Å². The molecule has 18 heavy (non-hydrogen) atoms. The largest absolute Gasteiger partial charge is 0.466 e. The van der Waals surface area contributed by atoms with E-state index in [4.69, 9.17) is 0 Å². The molecule has 1 N–H and O–H groups in total. The number of rotatable bonds is 8. The minimum Gasteiger partial charge on any atom is -0.466 e. The summed E-state index contributed by atoms with van der Waals surface area (Å²) in [5.41, 5.74) is 0.529. The normalized spacial score (nSPS) is 12.6. The van der Waals surface area contributed by atoms with Crippen molar-refractivity contribution in [3.05, 3.63) is 11.6 Å². The smallest absolute Gasteiger partial charge is 0.411 e. The van der Waals surface area contributed by atoms with Crippen molar-refractivity contribution in [3.63, 3.8) is 0 Å². The van der Waals surface area contributed by atoms with Crippen LogP contribution in [0.3, 0.4) is 0 Å². The van der Waals surface area contributed by atoms with Crippen LogP contribution < -0.4 is 5.32 Å². The molecule has 0 saturated carbocycles. The molecule has 0 heterocycles. The van der Waals surface area contributed by atoms with Crippen LogP contribution in [0.25, 0.3) is 0 Å². The fourth-order valence-electron chi connectivity index (χ4n) is 1.13. The lowest BCUT2D eigenvalue weighted by molar-refractivity contribution is -0.173. The Labute approximate surface area is 104 Å². The number of hydrogen-bond acceptors (Lipinski definition) is 4. The number of esters is 1. The number of halogens is 3. The molecular weight excluding hydrogens is 251 g/mol. The molecule has 0 radical (unpaired) electrons. The maximum absolute atomic E-state index is 11.7. The lowest BCUT2D eigenvalue weighted by atomic mass is 10.2. The van der Waals surface area contributed by atoms with Crippen molar-refractivity contribution in [1.82, 2.24) is 5.32 Å². The third-order valence-electron chi connectivity index (χ3n) is 2.01. The highest BCUT2D eigenvalue weighted by Crippen LogP contribution is 2.13. The van der Waals surface area contributed by atoms with Crippen LogP contribution in [0.1, 0.15) is 13.3 Å². The van der Waals surface area contributed by atoms with Gasteiger partial charge < -0.3 is 14.8 Å². The second-order valence-electron chi connectivity index (χ2n) is 3.45. The fourth-order valence-corrected chi connectivity index (χ4v) is 1.13. The van der Waals surface area contributed by atoms with Crippen molar-refractivity contribution in [2.75, 3.05) is 33.4 Å². The predicted molar refractivity (Wildman–Crippen MR) is 60.1 cm³/mol. The number of nitrogens with one attached hydrogen (secondary N) is 1. The van der Waals surface area contributed by atoms with E-state index in [-0.39, 0.29) is 13.2 Å². The van der Waals surface area contributed by atoms with Crippen LogP contribution in [-0.2, 0) is 14.3 Å². The van der Waals surface area contributed by atoms with E-state index in [0.29, 0.717) is 18.5 Å². The van der Waals surface area contributed by atoms with E-state index in [0.717, 1.165) is 0 Å².